The number of nitrogens with two attached hydrogens (primary N) is 1. The molecule has 20 heavy (non-hydrogen) atoms. The number of ether oxygens (including phenoxy) is 1. The average Bonchev–Trinajstić information content (AvgIpc) is 2.38. The zero-order chi connectivity index (χ0) is 15.0. The van der Waals surface area contributed by atoms with Crippen molar-refractivity contribution in [2.45, 2.75) is 27.3 Å². The van der Waals surface area contributed by atoms with Gasteiger partial charge in [0, 0.05) is 10.6 Å². The van der Waals surface area contributed by atoms with Gasteiger partial charge < -0.3 is 15.9 Å². The summed E-state index contributed by atoms with van der Waals surface area (Å²) >= 11 is 6.02. The van der Waals surface area contributed by atoms with Crippen molar-refractivity contribution < 1.29 is 4.74 Å². The third-order valence-corrected chi connectivity index (χ3v) is 2.64. The molecule has 0 unspecified atom stereocenters. The van der Waals surface area contributed by atoms with Gasteiger partial charge in [0.2, 0.25) is 0 Å². The summed E-state index contributed by atoms with van der Waals surface area (Å²) in [6.07, 6.45) is 3.55. The summed E-state index contributed by atoms with van der Waals surface area (Å²) in [5.41, 5.74) is 9.53. The van der Waals surface area contributed by atoms with E-state index in [2.05, 4.69) is 24.4 Å². The zero-order valence-corrected chi connectivity index (χ0v) is 12.9. The van der Waals surface area contributed by atoms with E-state index in [9.17, 15) is 0 Å². The minimum atomic E-state index is 0.430. The van der Waals surface area contributed by atoms with Crippen LogP contribution in [-0.4, -0.2) is 12.4 Å². The van der Waals surface area contributed by atoms with Crippen LogP contribution >= 0.6 is 11.6 Å². The second-order valence-electron chi connectivity index (χ2n) is 4.83. The van der Waals surface area contributed by atoms with Crippen LogP contribution in [0.25, 0.3) is 0 Å². The van der Waals surface area contributed by atoms with Crippen LogP contribution in [0, 0.1) is 5.92 Å². The molecule has 0 aliphatic carbocycles. The van der Waals surface area contributed by atoms with Crippen molar-refractivity contribution in [3.63, 3.8) is 0 Å². The van der Waals surface area contributed by atoms with Crippen molar-refractivity contribution >= 4 is 17.4 Å². The SMILES string of the molecule is C/C=C/C(N)=N\NCc1cc(Cl)ccc1OCC(C)C. The molecule has 110 valence electrons. The van der Waals surface area contributed by atoms with Crippen LogP contribution in [0.2, 0.25) is 5.02 Å². The second kappa shape index (κ2) is 8.48. The van der Waals surface area contributed by atoms with Crippen LogP contribution in [0.5, 0.6) is 5.75 Å². The lowest BCUT2D eigenvalue weighted by Crippen LogP contribution is -2.16. The Hall–Kier alpha value is -1.68. The Morgan fingerprint density at radius 3 is 2.90 bits per heavy atom. The van der Waals surface area contributed by atoms with Crippen molar-refractivity contribution in [2.75, 3.05) is 6.61 Å². The highest BCUT2D eigenvalue weighted by Gasteiger charge is 2.05. The maximum Gasteiger partial charge on any atom is 0.142 e. The summed E-state index contributed by atoms with van der Waals surface area (Å²) in [6, 6.07) is 5.56. The molecule has 0 saturated heterocycles. The first kappa shape index (κ1) is 16.4. The predicted molar refractivity (Wildman–Crippen MR) is 85.1 cm³/mol. The molecule has 4 nitrogen and oxygen atoms in total. The number of hydrogen-bond donors (Lipinski definition) is 2. The number of rotatable bonds is 7. The van der Waals surface area contributed by atoms with Gasteiger partial charge in [0.1, 0.15) is 11.6 Å². The van der Waals surface area contributed by atoms with Crippen molar-refractivity contribution in [2.24, 2.45) is 16.8 Å². The van der Waals surface area contributed by atoms with E-state index < -0.39 is 0 Å². The fourth-order valence-electron chi connectivity index (χ4n) is 1.51. The highest BCUT2D eigenvalue weighted by molar-refractivity contribution is 6.30. The Labute approximate surface area is 125 Å². The lowest BCUT2D eigenvalue weighted by molar-refractivity contribution is 0.268. The molecule has 0 amide bonds. The fraction of sp³-hybridized carbons (Fsp3) is 0.400. The van der Waals surface area contributed by atoms with E-state index >= 15 is 0 Å². The molecule has 0 aliphatic rings. The maximum absolute atomic E-state index is 6.02. The van der Waals surface area contributed by atoms with E-state index in [1.54, 1.807) is 6.08 Å². The van der Waals surface area contributed by atoms with Gasteiger partial charge in [-0.3, -0.25) is 0 Å². The molecule has 0 radical (unpaired) electrons. The molecule has 0 aliphatic heterocycles. The lowest BCUT2D eigenvalue weighted by atomic mass is 10.2. The molecular weight excluding hydrogens is 274 g/mol. The van der Waals surface area contributed by atoms with Crippen LogP contribution in [0.3, 0.4) is 0 Å². The first-order chi connectivity index (χ1) is 9.52. The Morgan fingerprint density at radius 2 is 2.25 bits per heavy atom. The molecule has 5 heteroatoms. The summed E-state index contributed by atoms with van der Waals surface area (Å²) in [6.45, 7) is 7.27. The summed E-state index contributed by atoms with van der Waals surface area (Å²) < 4.78 is 5.77. The zero-order valence-electron chi connectivity index (χ0n) is 12.2. The maximum atomic E-state index is 6.02. The number of benzene rings is 1. The number of hydrazone groups is 1. The molecule has 1 aromatic rings. The van der Waals surface area contributed by atoms with Crippen molar-refractivity contribution in [3.05, 3.63) is 40.9 Å². The number of nitrogens with zero attached hydrogens (tertiary/aromatic N) is 1. The van der Waals surface area contributed by atoms with Gasteiger partial charge in [-0.25, -0.2) is 0 Å². The second-order valence-corrected chi connectivity index (χ2v) is 5.26. The molecule has 0 bridgehead atoms. The molecular formula is C15H22ClN3O. The molecule has 0 saturated carbocycles. The quantitative estimate of drug-likeness (QED) is 0.461. The van der Waals surface area contributed by atoms with Crippen molar-refractivity contribution in [1.29, 1.82) is 0 Å². The molecule has 0 aromatic heterocycles. The van der Waals surface area contributed by atoms with Crippen LogP contribution in [0.4, 0.5) is 0 Å². The Morgan fingerprint density at radius 1 is 1.50 bits per heavy atom. The molecule has 0 heterocycles. The largest absolute Gasteiger partial charge is 0.493 e. The first-order valence-electron chi connectivity index (χ1n) is 6.63. The van der Waals surface area contributed by atoms with E-state index in [0.29, 0.717) is 29.9 Å². The van der Waals surface area contributed by atoms with E-state index in [1.165, 1.54) is 0 Å². The highest BCUT2D eigenvalue weighted by Crippen LogP contribution is 2.23. The average molecular weight is 296 g/mol. The van der Waals surface area contributed by atoms with Crippen LogP contribution in [-0.2, 0) is 6.54 Å². The van der Waals surface area contributed by atoms with Crippen molar-refractivity contribution in [1.82, 2.24) is 5.43 Å². The normalized spacial score (nSPS) is 12.2. The predicted octanol–water partition coefficient (Wildman–Crippen LogP) is 3.31. The van der Waals surface area contributed by atoms with Gasteiger partial charge >= 0.3 is 0 Å². The molecule has 0 fully saturated rings. The summed E-state index contributed by atoms with van der Waals surface area (Å²) in [5, 5.41) is 4.70. The summed E-state index contributed by atoms with van der Waals surface area (Å²) in [7, 11) is 0. The third kappa shape index (κ3) is 5.97. The summed E-state index contributed by atoms with van der Waals surface area (Å²) in [4.78, 5) is 0. The topological polar surface area (TPSA) is 59.6 Å². The number of nitrogens with one attached hydrogen (secondary N) is 1. The highest BCUT2D eigenvalue weighted by atomic mass is 35.5. The van der Waals surface area contributed by atoms with E-state index in [0.717, 1.165) is 11.3 Å². The Bertz CT molecular complexity index is 484. The van der Waals surface area contributed by atoms with Crippen LogP contribution in [0.1, 0.15) is 26.3 Å². The van der Waals surface area contributed by atoms with E-state index in [4.69, 9.17) is 22.1 Å². The fourth-order valence-corrected chi connectivity index (χ4v) is 1.70. The molecule has 1 aromatic carbocycles. The smallest absolute Gasteiger partial charge is 0.142 e. The van der Waals surface area contributed by atoms with Gasteiger partial charge in [-0.05, 0) is 37.1 Å². The van der Waals surface area contributed by atoms with E-state index in [1.807, 2.05) is 31.2 Å². The number of allylic oxidation sites excluding steroid dienone is 1. The molecule has 3 N–H and O–H groups in total. The van der Waals surface area contributed by atoms with Crippen LogP contribution < -0.4 is 15.9 Å². The monoisotopic (exact) mass is 295 g/mol. The number of amidine groups is 1. The minimum absolute atomic E-state index is 0.430. The lowest BCUT2D eigenvalue weighted by Gasteiger charge is -2.13. The van der Waals surface area contributed by atoms with Gasteiger partial charge in [0.05, 0.1) is 13.2 Å². The molecule has 0 atom stereocenters. The van der Waals surface area contributed by atoms with Crippen LogP contribution in [0.15, 0.2) is 35.5 Å². The number of hydrogen-bond acceptors (Lipinski definition) is 3. The first-order valence-corrected chi connectivity index (χ1v) is 7.00. The standard InChI is InChI=1S/C15H22ClN3O/c1-4-5-15(17)19-18-9-12-8-13(16)6-7-14(12)20-10-11(2)3/h4-8,11,18H,9-10H2,1-3H3,(H2,17,19)/b5-4+. The van der Waals surface area contributed by atoms with Gasteiger partial charge in [-0.1, -0.05) is 31.5 Å². The Balaban J connectivity index is 2.71. The summed E-state index contributed by atoms with van der Waals surface area (Å²) in [5.74, 6) is 1.71. The Kier molecular flexibility index (Phi) is 6.94. The van der Waals surface area contributed by atoms with Gasteiger partial charge in [-0.2, -0.15) is 5.10 Å². The number of halogens is 1. The van der Waals surface area contributed by atoms with Gasteiger partial charge in [0.25, 0.3) is 0 Å². The third-order valence-electron chi connectivity index (χ3n) is 2.41. The van der Waals surface area contributed by atoms with E-state index in [-0.39, 0.29) is 0 Å². The minimum Gasteiger partial charge on any atom is -0.493 e. The van der Waals surface area contributed by atoms with Crippen molar-refractivity contribution in [3.8, 4) is 5.75 Å². The van der Waals surface area contributed by atoms with Gasteiger partial charge in [0.15, 0.2) is 0 Å². The van der Waals surface area contributed by atoms with Gasteiger partial charge in [-0.15, -0.1) is 0 Å². The molecule has 0 spiro atoms. The molecule has 1 rings (SSSR count).